The van der Waals surface area contributed by atoms with Crippen molar-refractivity contribution in [2.24, 2.45) is 0 Å². The van der Waals surface area contributed by atoms with Gasteiger partial charge in [0.15, 0.2) is 5.78 Å². The molecule has 368 valence electrons. The first kappa shape index (κ1) is 48.1. The Kier molecular flexibility index (Phi) is 14.2. The van der Waals surface area contributed by atoms with Crippen LogP contribution in [-0.4, -0.2) is 187 Å². The normalized spacial score (nSPS) is 19.1. The van der Waals surface area contributed by atoms with Crippen LogP contribution < -0.4 is 9.80 Å². The predicted octanol–water partition coefficient (Wildman–Crippen LogP) is 6.61. The molecule has 0 spiro atoms. The Labute approximate surface area is 417 Å². The second-order valence-corrected chi connectivity index (χ2v) is 20.2. The van der Waals surface area contributed by atoms with Crippen molar-refractivity contribution in [1.82, 2.24) is 38.5 Å². The number of hydrogen-bond acceptors (Lipinski definition) is 9. The van der Waals surface area contributed by atoms with Gasteiger partial charge in [0, 0.05) is 151 Å². The van der Waals surface area contributed by atoms with E-state index in [9.17, 15) is 18.4 Å². The van der Waals surface area contributed by atoms with Crippen LogP contribution in [0.1, 0.15) is 20.7 Å². The van der Waals surface area contributed by atoms with E-state index in [1.54, 1.807) is 36.4 Å². The van der Waals surface area contributed by atoms with Crippen LogP contribution in [0.3, 0.4) is 0 Å². The second-order valence-electron chi connectivity index (χ2n) is 19.3. The zero-order valence-corrected chi connectivity index (χ0v) is 41.3. The minimum Gasteiger partial charge on any atom is -0.366 e. The number of piperazine rings is 4. The van der Waals surface area contributed by atoms with Gasteiger partial charge in [-0.3, -0.25) is 24.2 Å². The molecule has 0 N–H and O–H groups in total. The summed E-state index contributed by atoms with van der Waals surface area (Å²) >= 11 is 13.4. The van der Waals surface area contributed by atoms with Crippen molar-refractivity contribution in [3.8, 4) is 0 Å². The number of halogens is 4. The molecule has 13 nitrogen and oxygen atoms in total. The number of likely N-dealkylation sites (N-methyl/N-ethyl adjacent to an activating group) is 2. The maximum absolute atomic E-state index is 15.9. The Hall–Kier alpha value is -5.55. The average molecular weight is 994 g/mol. The Morgan fingerprint density at radius 1 is 0.500 bits per heavy atom. The van der Waals surface area contributed by atoms with Gasteiger partial charge in [-0.1, -0.05) is 59.6 Å². The molecule has 0 saturated carbocycles. The number of rotatable bonds is 12. The smallest absolute Gasteiger partial charge is 0.256 e. The SMILES string of the molecule is CN1CCN(C(Cn2cc(C(=O)N3CCN(c4ccccc4F)CC3)c3ccc(Cl)cc32)C(=O)C(Cn2cc(C(=O)N3CCN(c4ccccc4F)CC3)c3ccc(Cl)cc32)N2CCN(C)CC2)CC1. The molecule has 10 rings (SSSR count). The van der Waals surface area contributed by atoms with Crippen LogP contribution in [0.15, 0.2) is 97.3 Å². The lowest BCUT2D eigenvalue weighted by atomic mass is 9.99. The maximum atomic E-state index is 15.9. The molecular formula is C53H60Cl2F2N10O3. The van der Waals surface area contributed by atoms with Crippen molar-refractivity contribution in [3.05, 3.63) is 130 Å². The number of carbonyl (C=O) groups excluding carboxylic acids is 3. The van der Waals surface area contributed by atoms with Crippen LogP contribution in [0.4, 0.5) is 20.2 Å². The molecule has 2 atom stereocenters. The van der Waals surface area contributed by atoms with E-state index in [1.165, 1.54) is 12.1 Å². The number of nitrogens with zero attached hydrogens (tertiary/aromatic N) is 10. The molecule has 2 unspecified atom stereocenters. The van der Waals surface area contributed by atoms with Gasteiger partial charge >= 0.3 is 0 Å². The molecule has 4 aliphatic rings. The standard InChI is InChI=1S/C53H60Cl2F2N10O3/c1-58-15-19-62(20-16-58)49(35-66-33-41(39-13-11-37(54)31-47(39)66)52(69)64-27-23-60(24-28-64)45-9-5-3-7-43(45)56)51(68)50(63-21-17-59(2)18-22-63)36-67-34-42(40-14-12-38(55)32-48(40)67)53(70)65-29-25-61(26-30-65)46-10-6-4-8-44(46)57/h3-14,31-34,49-50H,15-30,35-36H2,1-2H3. The number of amides is 2. The van der Waals surface area contributed by atoms with Gasteiger partial charge in [-0.05, 0) is 62.6 Å². The molecule has 2 aromatic heterocycles. The molecular weight excluding hydrogens is 934 g/mol. The summed E-state index contributed by atoms with van der Waals surface area (Å²) in [5.74, 6) is -0.731. The molecule has 6 heterocycles. The highest BCUT2D eigenvalue weighted by Crippen LogP contribution is 2.32. The van der Waals surface area contributed by atoms with E-state index in [0.29, 0.717) is 124 Å². The van der Waals surface area contributed by atoms with E-state index in [-0.39, 0.29) is 29.2 Å². The van der Waals surface area contributed by atoms with Gasteiger partial charge in [0.25, 0.3) is 11.8 Å². The van der Waals surface area contributed by atoms with Gasteiger partial charge in [0.2, 0.25) is 0 Å². The van der Waals surface area contributed by atoms with E-state index in [0.717, 1.165) is 48.0 Å². The van der Waals surface area contributed by atoms with Gasteiger partial charge in [-0.2, -0.15) is 0 Å². The zero-order valence-electron chi connectivity index (χ0n) is 39.8. The Morgan fingerprint density at radius 2 is 0.871 bits per heavy atom. The molecule has 0 aliphatic carbocycles. The van der Waals surface area contributed by atoms with Crippen LogP contribution in [0.2, 0.25) is 10.0 Å². The average Bonchev–Trinajstić information content (AvgIpc) is 3.92. The summed E-state index contributed by atoms with van der Waals surface area (Å²) in [5, 5.41) is 2.57. The van der Waals surface area contributed by atoms with E-state index >= 15 is 4.79 Å². The summed E-state index contributed by atoms with van der Waals surface area (Å²) in [6.07, 6.45) is 3.78. The van der Waals surface area contributed by atoms with E-state index in [1.807, 2.05) is 77.5 Å². The van der Waals surface area contributed by atoms with Crippen LogP contribution in [0.5, 0.6) is 0 Å². The Morgan fingerprint density at radius 3 is 1.24 bits per heavy atom. The molecule has 4 aliphatic heterocycles. The summed E-state index contributed by atoms with van der Waals surface area (Å²) in [6, 6.07) is 23.4. The Balaban J connectivity index is 0.959. The number of Topliss-reactive ketones (excluding diaryl/α,β-unsaturated/α-hetero) is 1. The quantitative estimate of drug-likeness (QED) is 0.135. The van der Waals surface area contributed by atoms with Crippen molar-refractivity contribution in [1.29, 1.82) is 0 Å². The lowest BCUT2D eigenvalue weighted by Crippen LogP contribution is -2.60. The van der Waals surface area contributed by atoms with Crippen molar-refractivity contribution in [2.75, 3.05) is 129 Å². The molecule has 0 radical (unpaired) electrons. The van der Waals surface area contributed by atoms with Gasteiger partial charge in [-0.25, -0.2) is 8.78 Å². The fourth-order valence-electron chi connectivity index (χ4n) is 10.9. The summed E-state index contributed by atoms with van der Waals surface area (Å²) in [5.41, 5.74) is 3.68. The molecule has 4 fully saturated rings. The number of aromatic nitrogens is 2. The van der Waals surface area contributed by atoms with Crippen molar-refractivity contribution >= 4 is 74.0 Å². The van der Waals surface area contributed by atoms with Gasteiger partial charge in [0.1, 0.15) is 11.6 Å². The number of benzene rings is 4. The molecule has 0 bridgehead atoms. The fourth-order valence-corrected chi connectivity index (χ4v) is 11.2. The van der Waals surface area contributed by atoms with Crippen LogP contribution in [0.25, 0.3) is 21.8 Å². The number of carbonyl (C=O) groups is 3. The van der Waals surface area contributed by atoms with Crippen molar-refractivity contribution in [2.45, 2.75) is 25.2 Å². The lowest BCUT2D eigenvalue weighted by Gasteiger charge is -2.42. The number of ketones is 1. The first-order valence-corrected chi connectivity index (χ1v) is 25.2. The third-order valence-electron chi connectivity index (χ3n) is 15.0. The second kappa shape index (κ2) is 20.7. The molecule has 6 aromatic rings. The fraction of sp³-hybridized carbons (Fsp3) is 0.415. The number of hydrogen-bond donors (Lipinski definition) is 0. The van der Waals surface area contributed by atoms with E-state index < -0.39 is 12.1 Å². The maximum Gasteiger partial charge on any atom is 0.256 e. The lowest BCUT2D eigenvalue weighted by molar-refractivity contribution is -0.132. The van der Waals surface area contributed by atoms with E-state index in [2.05, 4.69) is 33.7 Å². The summed E-state index contributed by atoms with van der Waals surface area (Å²) in [4.78, 5) is 61.8. The highest BCUT2D eigenvalue weighted by molar-refractivity contribution is 6.32. The third kappa shape index (κ3) is 9.89. The monoisotopic (exact) mass is 992 g/mol. The van der Waals surface area contributed by atoms with Gasteiger partial charge < -0.3 is 38.5 Å². The molecule has 4 saturated heterocycles. The summed E-state index contributed by atoms with van der Waals surface area (Å²) in [6.45, 7) is 10.2. The largest absolute Gasteiger partial charge is 0.366 e. The highest BCUT2D eigenvalue weighted by atomic mass is 35.5. The van der Waals surface area contributed by atoms with Gasteiger partial charge in [-0.15, -0.1) is 0 Å². The number of anilines is 2. The number of fused-ring (bicyclic) bond motifs is 2. The predicted molar refractivity (Wildman–Crippen MR) is 274 cm³/mol. The molecule has 70 heavy (non-hydrogen) atoms. The first-order chi connectivity index (χ1) is 33.9. The van der Waals surface area contributed by atoms with Gasteiger partial charge in [0.05, 0.1) is 45.6 Å². The topological polar surface area (TPSA) is 87.0 Å². The zero-order chi connectivity index (χ0) is 48.6. The minimum absolute atomic E-state index is 0.0659. The number of para-hydroxylation sites is 2. The van der Waals surface area contributed by atoms with E-state index in [4.69, 9.17) is 23.2 Å². The van der Waals surface area contributed by atoms with Crippen molar-refractivity contribution < 1.29 is 23.2 Å². The summed E-state index contributed by atoms with van der Waals surface area (Å²) in [7, 11) is 4.20. The molecule has 2 amide bonds. The summed E-state index contributed by atoms with van der Waals surface area (Å²) < 4.78 is 33.5. The Bertz CT molecular complexity index is 2690. The minimum atomic E-state index is -0.572. The highest BCUT2D eigenvalue weighted by Gasteiger charge is 2.39. The first-order valence-electron chi connectivity index (χ1n) is 24.4. The van der Waals surface area contributed by atoms with Crippen LogP contribution in [0, 0.1) is 11.6 Å². The van der Waals surface area contributed by atoms with Crippen LogP contribution in [-0.2, 0) is 17.9 Å². The van der Waals surface area contributed by atoms with Crippen LogP contribution >= 0.6 is 23.2 Å². The molecule has 17 heteroatoms. The molecule has 4 aromatic carbocycles. The van der Waals surface area contributed by atoms with Crippen molar-refractivity contribution in [3.63, 3.8) is 0 Å². The third-order valence-corrected chi connectivity index (χ3v) is 15.5.